The quantitative estimate of drug-likeness (QED) is 0.560. The van der Waals surface area contributed by atoms with E-state index in [0.717, 1.165) is 10.9 Å². The predicted octanol–water partition coefficient (Wildman–Crippen LogP) is 3.97. The molecular formula is C17H14F3N3O. The van der Waals surface area contributed by atoms with Gasteiger partial charge in [0.1, 0.15) is 11.6 Å². The maximum Gasteiger partial charge on any atom is 0.573 e. The molecule has 7 heteroatoms. The molecule has 0 saturated heterocycles. The summed E-state index contributed by atoms with van der Waals surface area (Å²) in [6.45, 7) is -0.0107. The Morgan fingerprint density at radius 1 is 1.12 bits per heavy atom. The Hall–Kier alpha value is -2.96. The number of aromatic nitrogens is 1. The van der Waals surface area contributed by atoms with E-state index < -0.39 is 6.36 Å². The zero-order valence-electron chi connectivity index (χ0n) is 12.5. The molecule has 0 spiro atoms. The highest BCUT2D eigenvalue weighted by molar-refractivity contribution is 6.00. The normalized spacial score (nSPS) is 12.5. The molecule has 3 rings (SSSR count). The molecule has 0 aliphatic rings. The SMILES string of the molecule is NC(=NCc1ccccc1OC(F)(F)F)c1ccc2[nH]ccc2c1. The van der Waals surface area contributed by atoms with E-state index in [-0.39, 0.29) is 18.1 Å². The number of para-hydroxylation sites is 1. The summed E-state index contributed by atoms with van der Waals surface area (Å²) < 4.78 is 41.3. The van der Waals surface area contributed by atoms with E-state index in [0.29, 0.717) is 11.1 Å². The third kappa shape index (κ3) is 3.68. The van der Waals surface area contributed by atoms with Gasteiger partial charge in [-0.3, -0.25) is 4.99 Å². The first-order valence-electron chi connectivity index (χ1n) is 7.13. The van der Waals surface area contributed by atoms with Crippen molar-refractivity contribution in [2.24, 2.45) is 10.7 Å². The average Bonchev–Trinajstić information content (AvgIpc) is 2.99. The van der Waals surface area contributed by atoms with Crippen molar-refractivity contribution in [3.63, 3.8) is 0 Å². The highest BCUT2D eigenvalue weighted by Gasteiger charge is 2.31. The molecule has 3 aromatic rings. The van der Waals surface area contributed by atoms with Gasteiger partial charge in [-0.15, -0.1) is 13.2 Å². The first-order valence-corrected chi connectivity index (χ1v) is 7.13. The number of nitrogens with two attached hydrogens (primary N) is 1. The van der Waals surface area contributed by atoms with Crippen molar-refractivity contribution >= 4 is 16.7 Å². The number of halogens is 3. The fraction of sp³-hybridized carbons (Fsp3) is 0.118. The van der Waals surface area contributed by atoms with Gasteiger partial charge in [0, 0.05) is 28.2 Å². The Balaban J connectivity index is 1.82. The molecule has 24 heavy (non-hydrogen) atoms. The summed E-state index contributed by atoms with van der Waals surface area (Å²) in [6.07, 6.45) is -2.93. The van der Waals surface area contributed by atoms with Gasteiger partial charge in [-0.25, -0.2) is 0 Å². The van der Waals surface area contributed by atoms with Crippen molar-refractivity contribution in [1.82, 2.24) is 4.98 Å². The van der Waals surface area contributed by atoms with E-state index in [1.165, 1.54) is 18.2 Å². The first kappa shape index (κ1) is 15.9. The van der Waals surface area contributed by atoms with E-state index in [4.69, 9.17) is 5.73 Å². The Morgan fingerprint density at radius 3 is 2.71 bits per heavy atom. The number of aliphatic imine (C=N–C) groups is 1. The molecule has 3 N–H and O–H groups in total. The standard InChI is InChI=1S/C17H14F3N3O/c18-17(19,20)24-15-4-2-1-3-13(15)10-23-16(21)12-5-6-14-11(9-12)7-8-22-14/h1-9,22H,10H2,(H2,21,23). The number of H-pyrrole nitrogens is 1. The van der Waals surface area contributed by atoms with Crippen molar-refractivity contribution in [2.75, 3.05) is 0 Å². The van der Waals surface area contributed by atoms with Gasteiger partial charge in [0.05, 0.1) is 6.54 Å². The Morgan fingerprint density at radius 2 is 1.92 bits per heavy atom. The van der Waals surface area contributed by atoms with Gasteiger partial charge in [0.2, 0.25) is 0 Å². The highest BCUT2D eigenvalue weighted by atomic mass is 19.4. The number of nitrogens with one attached hydrogen (secondary N) is 1. The molecule has 1 aromatic heterocycles. The summed E-state index contributed by atoms with van der Waals surface area (Å²) in [4.78, 5) is 7.25. The van der Waals surface area contributed by atoms with Crippen LogP contribution in [0.1, 0.15) is 11.1 Å². The lowest BCUT2D eigenvalue weighted by atomic mass is 10.1. The number of nitrogens with zero attached hydrogens (tertiary/aromatic N) is 1. The summed E-state index contributed by atoms with van der Waals surface area (Å²) in [5.74, 6) is -0.0254. The summed E-state index contributed by atoms with van der Waals surface area (Å²) in [7, 11) is 0. The molecule has 1 heterocycles. The topological polar surface area (TPSA) is 63.4 Å². The average molecular weight is 333 g/mol. The summed E-state index contributed by atoms with van der Waals surface area (Å²) in [5, 5.41) is 0.978. The lowest BCUT2D eigenvalue weighted by Crippen LogP contribution is -2.18. The number of aromatic amines is 1. The summed E-state index contributed by atoms with van der Waals surface area (Å²) in [6, 6.07) is 13.3. The van der Waals surface area contributed by atoms with Crippen LogP contribution in [0.25, 0.3) is 10.9 Å². The minimum Gasteiger partial charge on any atom is -0.405 e. The van der Waals surface area contributed by atoms with Gasteiger partial charge in [-0.2, -0.15) is 0 Å². The molecule has 0 atom stereocenters. The Kier molecular flexibility index (Phi) is 4.16. The third-order valence-corrected chi connectivity index (χ3v) is 3.47. The van der Waals surface area contributed by atoms with Crippen molar-refractivity contribution in [1.29, 1.82) is 0 Å². The van der Waals surface area contributed by atoms with Crippen LogP contribution >= 0.6 is 0 Å². The maximum atomic E-state index is 12.4. The molecule has 124 valence electrons. The molecule has 0 radical (unpaired) electrons. The minimum absolute atomic E-state index is 0.0107. The second kappa shape index (κ2) is 6.27. The summed E-state index contributed by atoms with van der Waals surface area (Å²) in [5.41, 5.74) is 7.94. The lowest BCUT2D eigenvalue weighted by molar-refractivity contribution is -0.274. The molecule has 0 aliphatic carbocycles. The second-order valence-electron chi connectivity index (χ2n) is 5.14. The largest absolute Gasteiger partial charge is 0.573 e. The molecule has 0 aliphatic heterocycles. The monoisotopic (exact) mass is 333 g/mol. The number of hydrogen-bond donors (Lipinski definition) is 2. The van der Waals surface area contributed by atoms with Crippen LogP contribution in [0.3, 0.4) is 0 Å². The van der Waals surface area contributed by atoms with Gasteiger partial charge in [0.15, 0.2) is 0 Å². The van der Waals surface area contributed by atoms with Crippen molar-refractivity contribution < 1.29 is 17.9 Å². The van der Waals surface area contributed by atoms with Gasteiger partial charge in [-0.1, -0.05) is 18.2 Å². The Labute approximate surface area is 135 Å². The van der Waals surface area contributed by atoms with Crippen LogP contribution in [0.5, 0.6) is 5.75 Å². The van der Waals surface area contributed by atoms with Gasteiger partial charge in [-0.05, 0) is 30.3 Å². The van der Waals surface area contributed by atoms with E-state index >= 15 is 0 Å². The molecule has 0 bridgehead atoms. The van der Waals surface area contributed by atoms with Crippen LogP contribution in [0.2, 0.25) is 0 Å². The zero-order chi connectivity index (χ0) is 17.2. The molecule has 0 unspecified atom stereocenters. The molecule has 0 amide bonds. The van der Waals surface area contributed by atoms with Crippen LogP contribution in [0.15, 0.2) is 59.7 Å². The van der Waals surface area contributed by atoms with Crippen molar-refractivity contribution in [3.8, 4) is 5.75 Å². The molecule has 4 nitrogen and oxygen atoms in total. The van der Waals surface area contributed by atoms with Crippen molar-refractivity contribution in [3.05, 3.63) is 65.9 Å². The summed E-state index contributed by atoms with van der Waals surface area (Å²) >= 11 is 0. The second-order valence-corrected chi connectivity index (χ2v) is 5.14. The van der Waals surface area contributed by atoms with Crippen LogP contribution in [0, 0.1) is 0 Å². The van der Waals surface area contributed by atoms with Crippen LogP contribution in [-0.2, 0) is 6.54 Å². The van der Waals surface area contributed by atoms with Crippen LogP contribution in [0.4, 0.5) is 13.2 Å². The zero-order valence-corrected chi connectivity index (χ0v) is 12.5. The fourth-order valence-corrected chi connectivity index (χ4v) is 2.33. The first-order chi connectivity index (χ1) is 11.4. The maximum absolute atomic E-state index is 12.4. The van der Waals surface area contributed by atoms with Crippen LogP contribution in [-0.4, -0.2) is 17.2 Å². The van der Waals surface area contributed by atoms with E-state index in [2.05, 4.69) is 14.7 Å². The van der Waals surface area contributed by atoms with Gasteiger partial charge in [0.25, 0.3) is 0 Å². The molecule has 0 saturated carbocycles. The predicted molar refractivity (Wildman–Crippen MR) is 85.9 cm³/mol. The van der Waals surface area contributed by atoms with Gasteiger partial charge >= 0.3 is 6.36 Å². The van der Waals surface area contributed by atoms with E-state index in [9.17, 15) is 13.2 Å². The van der Waals surface area contributed by atoms with Crippen molar-refractivity contribution in [2.45, 2.75) is 12.9 Å². The van der Waals surface area contributed by atoms with Gasteiger partial charge < -0.3 is 15.5 Å². The number of fused-ring (bicyclic) bond motifs is 1. The third-order valence-electron chi connectivity index (χ3n) is 3.47. The number of alkyl halides is 3. The molecule has 0 fully saturated rings. The number of ether oxygens (including phenoxy) is 1. The fourth-order valence-electron chi connectivity index (χ4n) is 2.33. The number of benzene rings is 2. The number of amidine groups is 1. The Bertz CT molecular complexity index is 884. The highest BCUT2D eigenvalue weighted by Crippen LogP contribution is 2.26. The number of rotatable bonds is 4. The smallest absolute Gasteiger partial charge is 0.405 e. The minimum atomic E-state index is -4.75. The van der Waals surface area contributed by atoms with E-state index in [1.807, 2.05) is 24.4 Å². The number of hydrogen-bond acceptors (Lipinski definition) is 2. The molecular weight excluding hydrogens is 319 g/mol. The van der Waals surface area contributed by atoms with Crippen LogP contribution < -0.4 is 10.5 Å². The lowest BCUT2D eigenvalue weighted by Gasteiger charge is -2.12. The molecule has 2 aromatic carbocycles. The van der Waals surface area contributed by atoms with E-state index in [1.54, 1.807) is 12.1 Å².